The molecule has 20 heavy (non-hydrogen) atoms. The predicted octanol–water partition coefficient (Wildman–Crippen LogP) is 4.54. The van der Waals surface area contributed by atoms with Crippen LogP contribution in [-0.4, -0.2) is 16.6 Å². The SMILES string of the molecule is CCOc1ccc(Oc2nc(Cl)nc3sccc23)cc1. The van der Waals surface area contributed by atoms with Crippen LogP contribution < -0.4 is 9.47 Å². The van der Waals surface area contributed by atoms with Crippen molar-refractivity contribution in [2.75, 3.05) is 6.61 Å². The van der Waals surface area contributed by atoms with Gasteiger partial charge in [0.25, 0.3) is 0 Å². The topological polar surface area (TPSA) is 44.2 Å². The third kappa shape index (κ3) is 2.69. The van der Waals surface area contributed by atoms with E-state index in [-0.39, 0.29) is 5.28 Å². The Morgan fingerprint density at radius 3 is 2.60 bits per heavy atom. The predicted molar refractivity (Wildman–Crippen MR) is 80.1 cm³/mol. The highest BCUT2D eigenvalue weighted by Gasteiger charge is 2.10. The summed E-state index contributed by atoms with van der Waals surface area (Å²) in [4.78, 5) is 9.10. The number of thiophene rings is 1. The Balaban J connectivity index is 1.90. The second kappa shape index (κ2) is 5.64. The Morgan fingerprint density at radius 1 is 1.10 bits per heavy atom. The van der Waals surface area contributed by atoms with Crippen molar-refractivity contribution in [3.8, 4) is 17.4 Å². The van der Waals surface area contributed by atoms with Crippen molar-refractivity contribution in [1.29, 1.82) is 0 Å². The number of nitrogens with zero attached hydrogens (tertiary/aromatic N) is 2. The first-order valence-electron chi connectivity index (χ1n) is 6.07. The van der Waals surface area contributed by atoms with Gasteiger partial charge in [-0.3, -0.25) is 0 Å². The van der Waals surface area contributed by atoms with Gasteiger partial charge in [-0.25, -0.2) is 4.98 Å². The molecular weight excluding hydrogens is 296 g/mol. The minimum absolute atomic E-state index is 0.181. The molecule has 3 rings (SSSR count). The Labute approximate surface area is 125 Å². The molecule has 0 aliphatic rings. The van der Waals surface area contributed by atoms with E-state index in [2.05, 4.69) is 9.97 Å². The quantitative estimate of drug-likeness (QED) is 0.664. The minimum Gasteiger partial charge on any atom is -0.494 e. The lowest BCUT2D eigenvalue weighted by molar-refractivity contribution is 0.339. The Kier molecular flexibility index (Phi) is 3.71. The zero-order valence-electron chi connectivity index (χ0n) is 10.7. The Hall–Kier alpha value is -1.85. The summed E-state index contributed by atoms with van der Waals surface area (Å²) in [5, 5.41) is 2.97. The molecule has 0 amide bonds. The van der Waals surface area contributed by atoms with Gasteiger partial charge in [0.2, 0.25) is 11.2 Å². The first-order chi connectivity index (χ1) is 9.76. The van der Waals surface area contributed by atoms with E-state index in [0.29, 0.717) is 18.2 Å². The summed E-state index contributed by atoms with van der Waals surface area (Å²) in [5.74, 6) is 1.95. The number of ether oxygens (including phenoxy) is 2. The summed E-state index contributed by atoms with van der Waals surface area (Å²) in [5.41, 5.74) is 0. The van der Waals surface area contributed by atoms with Gasteiger partial charge >= 0.3 is 0 Å². The van der Waals surface area contributed by atoms with Gasteiger partial charge in [-0.1, -0.05) is 0 Å². The average molecular weight is 307 g/mol. The molecule has 4 nitrogen and oxygen atoms in total. The second-order valence-corrected chi connectivity index (χ2v) is 5.18. The molecule has 0 fully saturated rings. The minimum atomic E-state index is 0.181. The highest BCUT2D eigenvalue weighted by atomic mass is 35.5. The maximum Gasteiger partial charge on any atom is 0.232 e. The van der Waals surface area contributed by atoms with Crippen molar-refractivity contribution >= 4 is 33.2 Å². The summed E-state index contributed by atoms with van der Waals surface area (Å²) in [7, 11) is 0. The highest BCUT2D eigenvalue weighted by Crippen LogP contribution is 2.31. The van der Waals surface area contributed by atoms with E-state index in [1.807, 2.05) is 42.6 Å². The van der Waals surface area contributed by atoms with Crippen molar-refractivity contribution in [1.82, 2.24) is 9.97 Å². The van der Waals surface area contributed by atoms with Crippen LogP contribution in [0.25, 0.3) is 10.2 Å². The molecule has 102 valence electrons. The number of hydrogen-bond acceptors (Lipinski definition) is 5. The molecule has 2 heterocycles. The number of halogens is 1. The van der Waals surface area contributed by atoms with Gasteiger partial charge in [-0.2, -0.15) is 4.98 Å². The highest BCUT2D eigenvalue weighted by molar-refractivity contribution is 7.16. The summed E-state index contributed by atoms with van der Waals surface area (Å²) in [6, 6.07) is 9.29. The zero-order valence-corrected chi connectivity index (χ0v) is 12.2. The van der Waals surface area contributed by atoms with E-state index in [0.717, 1.165) is 16.0 Å². The number of rotatable bonds is 4. The van der Waals surface area contributed by atoms with Gasteiger partial charge in [0, 0.05) is 0 Å². The van der Waals surface area contributed by atoms with E-state index in [4.69, 9.17) is 21.1 Å². The van der Waals surface area contributed by atoms with Crippen molar-refractivity contribution < 1.29 is 9.47 Å². The third-order valence-corrected chi connectivity index (χ3v) is 3.59. The molecule has 0 aliphatic carbocycles. The van der Waals surface area contributed by atoms with Crippen LogP contribution in [0.5, 0.6) is 17.4 Å². The van der Waals surface area contributed by atoms with Crippen LogP contribution in [-0.2, 0) is 0 Å². The van der Waals surface area contributed by atoms with Crippen molar-refractivity contribution in [2.24, 2.45) is 0 Å². The van der Waals surface area contributed by atoms with Crippen molar-refractivity contribution in [2.45, 2.75) is 6.92 Å². The molecular formula is C14H11ClN2O2S. The summed E-state index contributed by atoms with van der Waals surface area (Å²) in [6.07, 6.45) is 0. The fourth-order valence-electron chi connectivity index (χ4n) is 1.76. The number of aromatic nitrogens is 2. The molecule has 0 unspecified atom stereocenters. The number of hydrogen-bond donors (Lipinski definition) is 0. The summed E-state index contributed by atoms with van der Waals surface area (Å²) >= 11 is 7.40. The largest absolute Gasteiger partial charge is 0.494 e. The van der Waals surface area contributed by atoms with E-state index in [1.165, 1.54) is 11.3 Å². The van der Waals surface area contributed by atoms with Gasteiger partial charge in [0.05, 0.1) is 12.0 Å². The summed E-state index contributed by atoms with van der Waals surface area (Å²) < 4.78 is 11.2. The molecule has 0 atom stereocenters. The lowest BCUT2D eigenvalue weighted by Gasteiger charge is -2.07. The molecule has 0 radical (unpaired) electrons. The van der Waals surface area contributed by atoms with Crippen LogP contribution in [0, 0.1) is 0 Å². The van der Waals surface area contributed by atoms with Crippen molar-refractivity contribution in [3.63, 3.8) is 0 Å². The van der Waals surface area contributed by atoms with Crippen LogP contribution in [0.3, 0.4) is 0 Å². The molecule has 3 aromatic rings. The van der Waals surface area contributed by atoms with Crippen LogP contribution in [0.1, 0.15) is 6.92 Å². The molecule has 0 saturated heterocycles. The van der Waals surface area contributed by atoms with Crippen LogP contribution in [0.4, 0.5) is 0 Å². The zero-order chi connectivity index (χ0) is 13.9. The fourth-order valence-corrected chi connectivity index (χ4v) is 2.73. The van der Waals surface area contributed by atoms with Crippen LogP contribution in [0.15, 0.2) is 35.7 Å². The van der Waals surface area contributed by atoms with Gasteiger partial charge in [0.1, 0.15) is 16.3 Å². The molecule has 0 aliphatic heterocycles. The van der Waals surface area contributed by atoms with E-state index in [9.17, 15) is 0 Å². The molecule has 0 N–H and O–H groups in total. The lowest BCUT2D eigenvalue weighted by Crippen LogP contribution is -1.93. The second-order valence-electron chi connectivity index (χ2n) is 3.94. The molecule has 0 bridgehead atoms. The number of fused-ring (bicyclic) bond motifs is 1. The monoisotopic (exact) mass is 306 g/mol. The molecule has 0 spiro atoms. The van der Waals surface area contributed by atoms with Gasteiger partial charge < -0.3 is 9.47 Å². The maximum atomic E-state index is 5.90. The van der Waals surface area contributed by atoms with Crippen LogP contribution in [0.2, 0.25) is 5.28 Å². The first kappa shape index (κ1) is 13.1. The van der Waals surface area contributed by atoms with E-state index >= 15 is 0 Å². The summed E-state index contributed by atoms with van der Waals surface area (Å²) in [6.45, 7) is 2.58. The normalized spacial score (nSPS) is 10.7. The first-order valence-corrected chi connectivity index (χ1v) is 7.33. The molecule has 0 saturated carbocycles. The van der Waals surface area contributed by atoms with E-state index < -0.39 is 0 Å². The number of benzene rings is 1. The van der Waals surface area contributed by atoms with Gasteiger partial charge in [-0.05, 0) is 54.2 Å². The van der Waals surface area contributed by atoms with Crippen LogP contribution >= 0.6 is 22.9 Å². The maximum absolute atomic E-state index is 5.90. The van der Waals surface area contributed by atoms with E-state index in [1.54, 1.807) is 0 Å². The van der Waals surface area contributed by atoms with Crippen molar-refractivity contribution in [3.05, 3.63) is 41.0 Å². The lowest BCUT2D eigenvalue weighted by atomic mass is 10.3. The molecule has 1 aromatic carbocycles. The standard InChI is InChI=1S/C14H11ClN2O2S/c1-2-18-9-3-5-10(6-4-9)19-12-11-7-8-20-13(11)17-14(15)16-12/h3-8H,2H2,1H3. The van der Waals surface area contributed by atoms with Gasteiger partial charge in [-0.15, -0.1) is 11.3 Å². The molecule has 2 aromatic heterocycles. The Morgan fingerprint density at radius 2 is 1.85 bits per heavy atom. The smallest absolute Gasteiger partial charge is 0.232 e. The average Bonchev–Trinajstić information content (AvgIpc) is 2.89. The Bertz CT molecular complexity index is 728. The third-order valence-electron chi connectivity index (χ3n) is 2.61. The van der Waals surface area contributed by atoms with Gasteiger partial charge in [0.15, 0.2) is 0 Å². The molecule has 6 heteroatoms. The fraction of sp³-hybridized carbons (Fsp3) is 0.143.